The van der Waals surface area contributed by atoms with Gasteiger partial charge in [-0.15, -0.1) is 0 Å². The molecule has 0 heterocycles. The van der Waals surface area contributed by atoms with Crippen LogP contribution >= 0.6 is 39.1 Å². The molecule has 1 atom stereocenters. The van der Waals surface area contributed by atoms with Gasteiger partial charge in [0.1, 0.15) is 0 Å². The summed E-state index contributed by atoms with van der Waals surface area (Å²) in [7, 11) is 0. The topological polar surface area (TPSA) is 12.0 Å². The highest BCUT2D eigenvalue weighted by atomic mass is 79.9. The molecule has 2 rings (SSSR count). The van der Waals surface area contributed by atoms with Gasteiger partial charge >= 0.3 is 0 Å². The fraction of sp³-hybridized carbons (Fsp3) is 0.200. The van der Waals surface area contributed by atoms with Crippen molar-refractivity contribution < 1.29 is 0 Å². The van der Waals surface area contributed by atoms with Crippen LogP contribution in [-0.4, -0.2) is 0 Å². The number of nitrogens with one attached hydrogen (secondary N) is 1. The number of hydrogen-bond donors (Lipinski definition) is 1. The Balaban J connectivity index is 2.02. The molecular formula is C15H14BrCl2N. The van der Waals surface area contributed by atoms with Gasteiger partial charge < -0.3 is 5.32 Å². The Morgan fingerprint density at radius 3 is 2.53 bits per heavy atom. The van der Waals surface area contributed by atoms with Crippen molar-refractivity contribution in [3.63, 3.8) is 0 Å². The quantitative estimate of drug-likeness (QED) is 0.749. The van der Waals surface area contributed by atoms with Gasteiger partial charge in [-0.1, -0.05) is 47.5 Å². The van der Waals surface area contributed by atoms with E-state index in [-0.39, 0.29) is 6.04 Å². The van der Waals surface area contributed by atoms with Gasteiger partial charge in [0.25, 0.3) is 0 Å². The maximum atomic E-state index is 6.18. The third-order valence-electron chi connectivity index (χ3n) is 2.97. The minimum atomic E-state index is 0.197. The maximum absolute atomic E-state index is 6.18. The number of rotatable bonds is 4. The smallest absolute Gasteiger partial charge is 0.0548 e. The van der Waals surface area contributed by atoms with Crippen molar-refractivity contribution >= 4 is 39.1 Å². The van der Waals surface area contributed by atoms with Gasteiger partial charge in [-0.3, -0.25) is 0 Å². The van der Waals surface area contributed by atoms with Crippen LogP contribution in [0.3, 0.4) is 0 Å². The first kappa shape index (κ1) is 14.9. The second kappa shape index (κ2) is 6.76. The molecule has 0 aliphatic carbocycles. The van der Waals surface area contributed by atoms with Crippen LogP contribution in [0, 0.1) is 0 Å². The van der Waals surface area contributed by atoms with Gasteiger partial charge in [0, 0.05) is 22.1 Å². The van der Waals surface area contributed by atoms with E-state index >= 15 is 0 Å². The normalized spacial score (nSPS) is 12.4. The van der Waals surface area contributed by atoms with E-state index in [2.05, 4.69) is 28.2 Å². The fourth-order valence-corrected chi connectivity index (χ4v) is 2.70. The highest BCUT2D eigenvalue weighted by molar-refractivity contribution is 9.10. The molecule has 0 aliphatic rings. The van der Waals surface area contributed by atoms with Crippen molar-refractivity contribution in [2.24, 2.45) is 0 Å². The van der Waals surface area contributed by atoms with E-state index in [9.17, 15) is 0 Å². The number of hydrogen-bond acceptors (Lipinski definition) is 1. The summed E-state index contributed by atoms with van der Waals surface area (Å²) in [5.41, 5.74) is 2.28. The van der Waals surface area contributed by atoms with Crippen LogP contribution in [0.5, 0.6) is 0 Å². The third kappa shape index (κ3) is 3.96. The van der Waals surface area contributed by atoms with Crippen LogP contribution in [0.4, 0.5) is 0 Å². The zero-order valence-electron chi connectivity index (χ0n) is 10.5. The molecule has 2 aromatic rings. The van der Waals surface area contributed by atoms with Crippen LogP contribution in [0.15, 0.2) is 46.9 Å². The molecule has 0 radical (unpaired) electrons. The second-order valence-corrected chi connectivity index (χ2v) is 6.04. The van der Waals surface area contributed by atoms with E-state index in [0.29, 0.717) is 0 Å². The first-order valence-electron chi connectivity index (χ1n) is 5.99. The average Bonchev–Trinajstić information content (AvgIpc) is 2.40. The Bertz CT molecular complexity index is 572. The first-order valence-corrected chi connectivity index (χ1v) is 7.54. The Hall–Kier alpha value is -0.540. The molecule has 100 valence electrons. The largest absolute Gasteiger partial charge is 0.306 e. The van der Waals surface area contributed by atoms with E-state index in [4.69, 9.17) is 23.2 Å². The Kier molecular flexibility index (Phi) is 5.28. The molecule has 0 saturated carbocycles. The molecule has 0 spiro atoms. The third-order valence-corrected chi connectivity index (χ3v) is 4.53. The maximum Gasteiger partial charge on any atom is 0.0548 e. The zero-order chi connectivity index (χ0) is 13.8. The molecule has 0 bridgehead atoms. The standard InChI is InChI=1S/C15H14BrCl2N/c1-10(12-4-2-3-5-14(12)17)19-9-11-6-7-15(18)13(16)8-11/h2-8,10,19H,9H2,1H3. The van der Waals surface area contributed by atoms with E-state index in [1.54, 1.807) is 0 Å². The van der Waals surface area contributed by atoms with Crippen molar-refractivity contribution in [2.75, 3.05) is 0 Å². The minimum absolute atomic E-state index is 0.197. The monoisotopic (exact) mass is 357 g/mol. The average molecular weight is 359 g/mol. The van der Waals surface area contributed by atoms with Gasteiger partial charge in [0.15, 0.2) is 0 Å². The van der Waals surface area contributed by atoms with Crippen LogP contribution in [0.25, 0.3) is 0 Å². The SMILES string of the molecule is CC(NCc1ccc(Cl)c(Br)c1)c1ccccc1Cl. The zero-order valence-corrected chi connectivity index (χ0v) is 13.6. The predicted molar refractivity (Wildman–Crippen MR) is 85.9 cm³/mol. The molecule has 0 aliphatic heterocycles. The Labute approximate surface area is 132 Å². The highest BCUT2D eigenvalue weighted by Crippen LogP contribution is 2.25. The summed E-state index contributed by atoms with van der Waals surface area (Å²) in [6.45, 7) is 2.87. The predicted octanol–water partition coefficient (Wildman–Crippen LogP) is 5.61. The van der Waals surface area contributed by atoms with Crippen LogP contribution in [0.2, 0.25) is 10.0 Å². The molecule has 4 heteroatoms. The lowest BCUT2D eigenvalue weighted by atomic mass is 10.1. The first-order chi connectivity index (χ1) is 9.08. The molecule has 0 amide bonds. The molecular weight excluding hydrogens is 345 g/mol. The number of benzene rings is 2. The lowest BCUT2D eigenvalue weighted by Crippen LogP contribution is -2.18. The van der Waals surface area contributed by atoms with E-state index in [0.717, 1.165) is 26.6 Å². The van der Waals surface area contributed by atoms with E-state index < -0.39 is 0 Å². The van der Waals surface area contributed by atoms with Gasteiger partial charge in [-0.2, -0.15) is 0 Å². The molecule has 2 aromatic carbocycles. The minimum Gasteiger partial charge on any atom is -0.306 e. The fourth-order valence-electron chi connectivity index (χ4n) is 1.86. The molecule has 0 fully saturated rings. The second-order valence-electron chi connectivity index (χ2n) is 4.37. The summed E-state index contributed by atoms with van der Waals surface area (Å²) in [6.07, 6.45) is 0. The Morgan fingerprint density at radius 2 is 1.84 bits per heavy atom. The summed E-state index contributed by atoms with van der Waals surface area (Å²) in [4.78, 5) is 0. The summed E-state index contributed by atoms with van der Waals surface area (Å²) >= 11 is 15.6. The van der Waals surface area contributed by atoms with E-state index in [1.165, 1.54) is 5.56 Å². The van der Waals surface area contributed by atoms with Crippen LogP contribution in [-0.2, 0) is 6.54 Å². The number of halogens is 3. The lowest BCUT2D eigenvalue weighted by Gasteiger charge is -2.16. The van der Waals surface area contributed by atoms with E-state index in [1.807, 2.05) is 42.5 Å². The van der Waals surface area contributed by atoms with Crippen molar-refractivity contribution in [1.82, 2.24) is 5.32 Å². The van der Waals surface area contributed by atoms with Crippen molar-refractivity contribution in [2.45, 2.75) is 19.5 Å². The molecule has 0 aromatic heterocycles. The Morgan fingerprint density at radius 1 is 1.11 bits per heavy atom. The van der Waals surface area contributed by atoms with Gasteiger partial charge in [0.2, 0.25) is 0 Å². The summed E-state index contributed by atoms with van der Waals surface area (Å²) in [5, 5.41) is 4.97. The highest BCUT2D eigenvalue weighted by Gasteiger charge is 2.08. The van der Waals surface area contributed by atoms with Gasteiger partial charge in [-0.05, 0) is 52.2 Å². The molecule has 0 saturated heterocycles. The molecule has 19 heavy (non-hydrogen) atoms. The summed E-state index contributed by atoms with van der Waals surface area (Å²) in [6, 6.07) is 14.0. The van der Waals surface area contributed by atoms with Crippen LogP contribution in [0.1, 0.15) is 24.1 Å². The van der Waals surface area contributed by atoms with Gasteiger partial charge in [0.05, 0.1) is 5.02 Å². The van der Waals surface area contributed by atoms with Crippen molar-refractivity contribution in [3.05, 3.63) is 68.1 Å². The van der Waals surface area contributed by atoms with Crippen molar-refractivity contribution in [1.29, 1.82) is 0 Å². The van der Waals surface area contributed by atoms with Gasteiger partial charge in [-0.25, -0.2) is 0 Å². The molecule has 1 nitrogen and oxygen atoms in total. The molecule has 1 unspecified atom stereocenters. The summed E-state index contributed by atoms with van der Waals surface area (Å²) in [5.74, 6) is 0. The van der Waals surface area contributed by atoms with Crippen LogP contribution < -0.4 is 5.32 Å². The summed E-state index contributed by atoms with van der Waals surface area (Å²) < 4.78 is 0.916. The van der Waals surface area contributed by atoms with Crippen molar-refractivity contribution in [3.8, 4) is 0 Å². The lowest BCUT2D eigenvalue weighted by molar-refractivity contribution is 0.575. The molecule has 1 N–H and O–H groups in total.